The van der Waals surface area contributed by atoms with E-state index in [9.17, 15) is 9.26 Å². The molecule has 0 aliphatic carbocycles. The topological polar surface area (TPSA) is 49.4 Å². The Morgan fingerprint density at radius 1 is 1.86 bits per heavy atom. The Morgan fingerprint density at radius 3 is 2.29 bits per heavy atom. The Morgan fingerprint density at radius 2 is 2.29 bits per heavy atom. The summed E-state index contributed by atoms with van der Waals surface area (Å²) < 4.78 is 13.5. The zero-order valence-corrected chi connectivity index (χ0v) is 8.11. The Labute approximate surface area is 56.3 Å². The predicted octanol–water partition coefficient (Wildman–Crippen LogP) is -1.20. The Hall–Kier alpha value is 0.240. The molecule has 0 aliphatic heterocycles. The van der Waals surface area contributed by atoms with Crippen LogP contribution in [0.1, 0.15) is 6.92 Å². The Balaban J connectivity index is 0. The van der Waals surface area contributed by atoms with Crippen molar-refractivity contribution in [3.05, 3.63) is 0 Å². The fraction of sp³-hybridized carbons (Fsp3) is 1.00. The first-order chi connectivity index (χ1) is 2.77. The van der Waals surface area contributed by atoms with E-state index in [1.165, 1.54) is 0 Å². The van der Waals surface area contributed by atoms with Gasteiger partial charge in [0, 0.05) is 6.61 Å². The molecule has 3 nitrogen and oxygen atoms in total. The quantitative estimate of drug-likeness (QED) is 0.489. The van der Waals surface area contributed by atoms with Crippen molar-refractivity contribution in [3.8, 4) is 0 Å². The first-order valence-electron chi connectivity index (χ1n) is 1.61. The van der Waals surface area contributed by atoms with Gasteiger partial charge in [-0.1, -0.05) is 0 Å². The number of rotatable bonds is 2. The molecule has 7 heavy (non-hydrogen) atoms. The zero-order chi connectivity index (χ0) is 4.99. The molecule has 0 aromatic carbocycles. The van der Waals surface area contributed by atoms with E-state index >= 15 is 0 Å². The van der Waals surface area contributed by atoms with E-state index in [4.69, 9.17) is 0 Å². The van der Waals surface area contributed by atoms with E-state index in [2.05, 4.69) is 4.43 Å². The third-order valence-corrected chi connectivity index (χ3v) is 0.787. The van der Waals surface area contributed by atoms with Gasteiger partial charge in [0.05, 0.1) is 0 Å². The molecular weight excluding hydrogens is 165 g/mol. The average Bonchev–Trinajstić information content (AvgIpc) is 1.35. The Kier molecular flexibility index (Phi) is 9.15. The predicted molar refractivity (Wildman–Crippen MR) is 18.1 cm³/mol. The molecule has 0 aromatic heterocycles. The molecule has 0 fully saturated rings. The second-order valence-electron chi connectivity index (χ2n) is 0.683. The van der Waals surface area contributed by atoms with Crippen molar-refractivity contribution >= 4 is 9.17 Å². The van der Waals surface area contributed by atoms with Crippen molar-refractivity contribution in [1.82, 2.24) is 0 Å². The molecule has 0 spiro atoms. The van der Waals surface area contributed by atoms with Gasteiger partial charge in [-0.3, -0.25) is 0 Å². The second kappa shape index (κ2) is 6.24. The summed E-state index contributed by atoms with van der Waals surface area (Å²) in [6, 6.07) is 0. The molecule has 0 rings (SSSR count). The van der Waals surface area contributed by atoms with Crippen LogP contribution in [-0.2, 0) is 28.4 Å². The molecule has 0 heterocycles. The average molecular weight is 171 g/mol. The maximum Gasteiger partial charge on any atom is 2.00 e. The standard InChI is InChI=1S/C2H5O3Si.Zn/c1-2-5-6(3)4;/h2H2,1H3;/q-1;+2. The SMILES string of the molecule is CCO[Si](=O)[O-].[Zn+2]. The van der Waals surface area contributed by atoms with Gasteiger partial charge in [0.2, 0.25) is 0 Å². The number of hydrogen-bond acceptors (Lipinski definition) is 3. The number of hydrogen-bond donors (Lipinski definition) is 0. The van der Waals surface area contributed by atoms with E-state index < -0.39 is 9.17 Å². The van der Waals surface area contributed by atoms with Gasteiger partial charge < -0.3 is 13.7 Å². The van der Waals surface area contributed by atoms with Crippen molar-refractivity contribution in [2.75, 3.05) is 6.61 Å². The molecule has 0 radical (unpaired) electrons. The van der Waals surface area contributed by atoms with Crippen LogP contribution >= 0.6 is 0 Å². The fourth-order valence-electron chi connectivity index (χ4n) is 0.118. The van der Waals surface area contributed by atoms with Gasteiger partial charge in [0.1, 0.15) is 0 Å². The third-order valence-electron chi connectivity index (χ3n) is 0.262. The molecule has 36 valence electrons. The van der Waals surface area contributed by atoms with Gasteiger partial charge in [-0.25, -0.2) is 0 Å². The minimum atomic E-state index is -2.89. The van der Waals surface area contributed by atoms with E-state index in [-0.39, 0.29) is 26.1 Å². The zero-order valence-electron chi connectivity index (χ0n) is 4.14. The van der Waals surface area contributed by atoms with Crippen LogP contribution < -0.4 is 4.80 Å². The van der Waals surface area contributed by atoms with Gasteiger partial charge in [-0.2, -0.15) is 0 Å². The smallest absolute Gasteiger partial charge is 0.588 e. The summed E-state index contributed by atoms with van der Waals surface area (Å²) in [6.07, 6.45) is 0. The van der Waals surface area contributed by atoms with Crippen LogP contribution in [0.4, 0.5) is 0 Å². The second-order valence-corrected chi connectivity index (χ2v) is 1.47. The molecule has 0 saturated heterocycles. The summed E-state index contributed by atoms with van der Waals surface area (Å²) >= 11 is 0. The molecule has 0 bridgehead atoms. The molecule has 0 unspecified atom stereocenters. The van der Waals surface area contributed by atoms with E-state index in [0.717, 1.165) is 0 Å². The minimum Gasteiger partial charge on any atom is -0.588 e. The van der Waals surface area contributed by atoms with Crippen LogP contribution in [0.25, 0.3) is 0 Å². The van der Waals surface area contributed by atoms with Crippen LogP contribution in [0.2, 0.25) is 0 Å². The molecule has 0 aromatic rings. The molecule has 0 atom stereocenters. The molecule has 5 heteroatoms. The molecule has 0 saturated carbocycles. The third kappa shape index (κ3) is 10.7. The van der Waals surface area contributed by atoms with Crippen LogP contribution in [-0.4, -0.2) is 15.8 Å². The monoisotopic (exact) mass is 169 g/mol. The van der Waals surface area contributed by atoms with E-state index in [1.807, 2.05) is 0 Å². The van der Waals surface area contributed by atoms with Crippen LogP contribution in [0.3, 0.4) is 0 Å². The summed E-state index contributed by atoms with van der Waals surface area (Å²) in [5.74, 6) is 0. The van der Waals surface area contributed by atoms with E-state index in [0.29, 0.717) is 0 Å². The van der Waals surface area contributed by atoms with Gasteiger partial charge in [0.15, 0.2) is 0 Å². The van der Waals surface area contributed by atoms with Crippen molar-refractivity contribution in [2.24, 2.45) is 0 Å². The van der Waals surface area contributed by atoms with Crippen LogP contribution in [0.5, 0.6) is 0 Å². The summed E-state index contributed by atoms with van der Waals surface area (Å²) in [7, 11) is -2.89. The molecule has 0 amide bonds. The summed E-state index contributed by atoms with van der Waals surface area (Å²) in [4.78, 5) is 9.45. The van der Waals surface area contributed by atoms with Crippen LogP contribution in [0.15, 0.2) is 0 Å². The van der Waals surface area contributed by atoms with Crippen molar-refractivity contribution < 1.29 is 33.2 Å². The minimum absolute atomic E-state index is 0. The van der Waals surface area contributed by atoms with Crippen molar-refractivity contribution in [1.29, 1.82) is 0 Å². The normalized spacial score (nSPS) is 6.43. The van der Waals surface area contributed by atoms with Gasteiger partial charge in [-0.05, 0) is 6.92 Å². The Bertz CT molecular complexity index is 56.9. The van der Waals surface area contributed by atoms with E-state index in [1.54, 1.807) is 6.92 Å². The maximum absolute atomic E-state index is 9.45. The van der Waals surface area contributed by atoms with Gasteiger partial charge in [-0.15, -0.1) is 0 Å². The molecule has 0 aliphatic rings. The summed E-state index contributed by atoms with van der Waals surface area (Å²) in [5.41, 5.74) is 0. The molecule has 0 N–H and O–H groups in total. The first kappa shape index (κ1) is 10.3. The van der Waals surface area contributed by atoms with Crippen molar-refractivity contribution in [2.45, 2.75) is 6.92 Å². The summed E-state index contributed by atoms with van der Waals surface area (Å²) in [6.45, 7) is 1.88. The van der Waals surface area contributed by atoms with Gasteiger partial charge in [0.25, 0.3) is 0 Å². The fourth-order valence-corrected chi connectivity index (χ4v) is 0.354. The van der Waals surface area contributed by atoms with Gasteiger partial charge >= 0.3 is 28.6 Å². The maximum atomic E-state index is 9.45. The first-order valence-corrected chi connectivity index (χ1v) is 2.83. The van der Waals surface area contributed by atoms with Crippen LogP contribution in [0, 0.1) is 0 Å². The summed E-state index contributed by atoms with van der Waals surface area (Å²) in [5, 5.41) is 0. The molecular formula is C2H5O3SiZn+. The largest absolute Gasteiger partial charge is 2.00 e. The van der Waals surface area contributed by atoms with Crippen molar-refractivity contribution in [3.63, 3.8) is 0 Å².